The molecule has 0 saturated heterocycles. The first-order valence-electron chi connectivity index (χ1n) is 7.87. The minimum Gasteiger partial charge on any atom is -0.449 e. The van der Waals surface area contributed by atoms with Crippen molar-refractivity contribution >= 4 is 41.1 Å². The first kappa shape index (κ1) is 20.1. The fourth-order valence-electron chi connectivity index (χ4n) is 2.07. The van der Waals surface area contributed by atoms with Crippen LogP contribution in [0.25, 0.3) is 6.08 Å². The summed E-state index contributed by atoms with van der Waals surface area (Å²) in [6, 6.07) is 5.62. The summed E-state index contributed by atoms with van der Waals surface area (Å²) in [5.74, 6) is -0.577. The molecule has 1 aromatic carbocycles. The second kappa shape index (κ2) is 8.95. The molecule has 0 radical (unpaired) electrons. The molecule has 2 rings (SSSR count). The van der Waals surface area contributed by atoms with Crippen LogP contribution < -0.4 is 5.32 Å². The van der Waals surface area contributed by atoms with Crippen molar-refractivity contribution in [2.24, 2.45) is 0 Å². The first-order chi connectivity index (χ1) is 12.8. The van der Waals surface area contributed by atoms with Crippen molar-refractivity contribution in [3.63, 3.8) is 0 Å². The molecular formula is C17H16ClN3O6. The third-order valence-corrected chi connectivity index (χ3v) is 3.70. The van der Waals surface area contributed by atoms with E-state index in [9.17, 15) is 19.7 Å². The quantitative estimate of drug-likeness (QED) is 0.330. The van der Waals surface area contributed by atoms with E-state index in [0.29, 0.717) is 11.3 Å². The van der Waals surface area contributed by atoms with E-state index >= 15 is 0 Å². The number of nitro groups is 1. The molecular weight excluding hydrogens is 378 g/mol. The molecule has 0 fully saturated rings. The lowest BCUT2D eigenvalue weighted by Crippen LogP contribution is -2.31. The molecule has 0 aliphatic rings. The molecule has 0 aliphatic heterocycles. The minimum atomic E-state index is -1.03. The van der Waals surface area contributed by atoms with Gasteiger partial charge in [0.1, 0.15) is 10.8 Å². The number of benzene rings is 1. The molecule has 0 aliphatic carbocycles. The van der Waals surface area contributed by atoms with Gasteiger partial charge in [-0.1, -0.05) is 29.7 Å². The van der Waals surface area contributed by atoms with E-state index in [2.05, 4.69) is 10.5 Å². The predicted molar refractivity (Wildman–Crippen MR) is 97.2 cm³/mol. The number of hydrogen-bond donors (Lipinski definition) is 1. The number of nitro benzene ring substituents is 1. The van der Waals surface area contributed by atoms with E-state index in [4.69, 9.17) is 20.9 Å². The highest BCUT2D eigenvalue weighted by Crippen LogP contribution is 2.25. The summed E-state index contributed by atoms with van der Waals surface area (Å²) in [6.07, 6.45) is 1.62. The van der Waals surface area contributed by atoms with Gasteiger partial charge < -0.3 is 14.6 Å². The number of ether oxygens (including phenoxy) is 1. The molecule has 1 N–H and O–H groups in total. The summed E-state index contributed by atoms with van der Waals surface area (Å²) >= 11 is 5.73. The number of rotatable bonds is 7. The smallest absolute Gasteiger partial charge is 0.331 e. The summed E-state index contributed by atoms with van der Waals surface area (Å²) < 4.78 is 9.95. The molecule has 1 atom stereocenters. The number of aromatic nitrogens is 1. The third-order valence-electron chi connectivity index (χ3n) is 3.38. The summed E-state index contributed by atoms with van der Waals surface area (Å²) in [5, 5.41) is 17.0. The van der Waals surface area contributed by atoms with E-state index in [1.165, 1.54) is 30.3 Å². The second-order valence-electron chi connectivity index (χ2n) is 5.45. The Balaban J connectivity index is 2.00. The Kier molecular flexibility index (Phi) is 6.67. The lowest BCUT2D eigenvalue weighted by Gasteiger charge is -2.13. The van der Waals surface area contributed by atoms with Crippen molar-refractivity contribution in [2.75, 3.05) is 5.32 Å². The van der Waals surface area contributed by atoms with Crippen molar-refractivity contribution in [2.45, 2.75) is 26.4 Å². The number of hydrogen-bond acceptors (Lipinski definition) is 7. The largest absolute Gasteiger partial charge is 0.449 e. The van der Waals surface area contributed by atoms with Gasteiger partial charge in [-0.15, -0.1) is 0 Å². The third kappa shape index (κ3) is 5.65. The van der Waals surface area contributed by atoms with Crippen molar-refractivity contribution in [3.8, 4) is 0 Å². The van der Waals surface area contributed by atoms with Crippen molar-refractivity contribution in [1.82, 2.24) is 5.16 Å². The predicted octanol–water partition coefficient (Wildman–Crippen LogP) is 3.52. The van der Waals surface area contributed by atoms with Gasteiger partial charge in [0.25, 0.3) is 11.6 Å². The van der Waals surface area contributed by atoms with Crippen LogP contribution in [0.4, 0.5) is 11.5 Å². The maximum Gasteiger partial charge on any atom is 0.331 e. The Labute approximate surface area is 159 Å². The molecule has 0 saturated carbocycles. The number of aryl methyl sites for hydroxylation is 1. The van der Waals surface area contributed by atoms with E-state index in [1.54, 1.807) is 13.8 Å². The van der Waals surface area contributed by atoms with Crippen LogP contribution >= 0.6 is 11.6 Å². The number of nitrogens with one attached hydrogen (secondary N) is 1. The molecule has 0 bridgehead atoms. The Morgan fingerprint density at radius 2 is 2.19 bits per heavy atom. The van der Waals surface area contributed by atoms with Gasteiger partial charge in [0, 0.05) is 18.2 Å². The molecule has 27 heavy (non-hydrogen) atoms. The van der Waals surface area contributed by atoms with Crippen LogP contribution in [0.15, 0.2) is 34.9 Å². The van der Waals surface area contributed by atoms with Gasteiger partial charge in [0.05, 0.1) is 4.92 Å². The van der Waals surface area contributed by atoms with E-state index < -0.39 is 22.9 Å². The van der Waals surface area contributed by atoms with E-state index in [0.717, 1.165) is 6.08 Å². The first-order valence-corrected chi connectivity index (χ1v) is 8.24. The summed E-state index contributed by atoms with van der Waals surface area (Å²) in [4.78, 5) is 34.3. The average Bonchev–Trinajstić information content (AvgIpc) is 3.03. The number of halogens is 1. The van der Waals surface area contributed by atoms with Gasteiger partial charge in [-0.3, -0.25) is 14.9 Å². The van der Waals surface area contributed by atoms with Gasteiger partial charge in [-0.2, -0.15) is 0 Å². The lowest BCUT2D eigenvalue weighted by molar-refractivity contribution is -0.384. The van der Waals surface area contributed by atoms with Gasteiger partial charge >= 0.3 is 5.97 Å². The van der Waals surface area contributed by atoms with Gasteiger partial charge in [0.2, 0.25) is 0 Å². The molecule has 9 nitrogen and oxygen atoms in total. The summed E-state index contributed by atoms with van der Waals surface area (Å²) in [6.45, 7) is 3.35. The lowest BCUT2D eigenvalue weighted by atomic mass is 10.2. The molecule has 10 heteroatoms. The van der Waals surface area contributed by atoms with Gasteiger partial charge in [-0.25, -0.2) is 4.79 Å². The highest BCUT2D eigenvalue weighted by molar-refractivity contribution is 6.32. The molecule has 142 valence electrons. The molecule has 0 spiro atoms. The highest BCUT2D eigenvalue weighted by atomic mass is 35.5. The number of esters is 1. The Morgan fingerprint density at radius 3 is 2.78 bits per heavy atom. The zero-order valence-electron chi connectivity index (χ0n) is 14.5. The fourth-order valence-corrected chi connectivity index (χ4v) is 2.26. The van der Waals surface area contributed by atoms with Crippen LogP contribution in [0.2, 0.25) is 5.02 Å². The van der Waals surface area contributed by atoms with Crippen molar-refractivity contribution < 1.29 is 23.8 Å². The average molecular weight is 394 g/mol. The molecule has 1 unspecified atom stereocenters. The van der Waals surface area contributed by atoms with Crippen LogP contribution in [-0.4, -0.2) is 28.1 Å². The number of carbonyl (C=O) groups is 2. The summed E-state index contributed by atoms with van der Waals surface area (Å²) in [7, 11) is 0. The monoisotopic (exact) mass is 393 g/mol. The van der Waals surface area contributed by atoms with Crippen molar-refractivity contribution in [3.05, 3.63) is 56.8 Å². The number of amides is 1. The SMILES string of the molecule is CCC(OC(=O)/C=C/c1ccc(Cl)c([N+](=O)[O-])c1)C(=O)Nc1cc(C)on1. The fraction of sp³-hybridized carbons (Fsp3) is 0.235. The Bertz CT molecular complexity index is 893. The second-order valence-corrected chi connectivity index (χ2v) is 5.85. The molecule has 1 aromatic heterocycles. The maximum atomic E-state index is 12.1. The Morgan fingerprint density at radius 1 is 1.44 bits per heavy atom. The van der Waals surface area contributed by atoms with Crippen LogP contribution in [0.3, 0.4) is 0 Å². The van der Waals surface area contributed by atoms with E-state index in [1.807, 2.05) is 0 Å². The maximum absolute atomic E-state index is 12.1. The number of nitrogens with zero attached hydrogens (tertiary/aromatic N) is 2. The number of anilines is 1. The Hall–Kier alpha value is -3.20. The molecule has 1 heterocycles. The minimum absolute atomic E-state index is 0.00876. The normalized spacial score (nSPS) is 12.0. The van der Waals surface area contributed by atoms with Crippen LogP contribution in [0, 0.1) is 17.0 Å². The highest BCUT2D eigenvalue weighted by Gasteiger charge is 2.21. The van der Waals surface area contributed by atoms with Crippen LogP contribution in [0.1, 0.15) is 24.7 Å². The molecule has 2 aromatic rings. The van der Waals surface area contributed by atoms with Crippen molar-refractivity contribution in [1.29, 1.82) is 0 Å². The zero-order valence-corrected chi connectivity index (χ0v) is 15.2. The standard InChI is InChI=1S/C17H16ClN3O6/c1-3-14(17(23)19-15-8-10(2)27-20-15)26-16(22)7-5-11-4-6-12(18)13(9-11)21(24)25/h4-9,14H,3H2,1-2H3,(H,19,20,23)/b7-5+. The van der Waals surface area contributed by atoms with Gasteiger partial charge in [-0.05, 0) is 31.1 Å². The van der Waals surface area contributed by atoms with Crippen LogP contribution in [0.5, 0.6) is 0 Å². The van der Waals surface area contributed by atoms with Crippen LogP contribution in [-0.2, 0) is 14.3 Å². The number of carbonyl (C=O) groups excluding carboxylic acids is 2. The topological polar surface area (TPSA) is 125 Å². The van der Waals surface area contributed by atoms with Gasteiger partial charge in [0.15, 0.2) is 11.9 Å². The molecule has 1 amide bonds. The zero-order chi connectivity index (χ0) is 20.0. The summed E-state index contributed by atoms with van der Waals surface area (Å²) in [5.41, 5.74) is 0.111. The van der Waals surface area contributed by atoms with E-state index in [-0.39, 0.29) is 22.9 Å².